The Kier molecular flexibility index (Phi) is 3.48. The summed E-state index contributed by atoms with van der Waals surface area (Å²) in [5, 5.41) is 0. The molecule has 0 aliphatic rings. The molecule has 3 nitrogen and oxygen atoms in total. The monoisotopic (exact) mass is 114 g/mol. The fourth-order valence-corrected chi connectivity index (χ4v) is 0.223. The highest BCUT2D eigenvalue weighted by atomic mass is 16.6. The lowest BCUT2D eigenvalue weighted by Crippen LogP contribution is -1.96. The molecule has 0 unspecified atom stereocenters. The number of rotatable bonds is 2. The van der Waals surface area contributed by atoms with Crippen LogP contribution in [0, 0.1) is 0 Å². The molecule has 0 bridgehead atoms. The van der Waals surface area contributed by atoms with Gasteiger partial charge in [-0.05, 0) is 6.92 Å². The summed E-state index contributed by atoms with van der Waals surface area (Å²) < 4.78 is 3.88. The highest BCUT2D eigenvalue weighted by molar-refractivity contribution is 5.86. The topological polar surface area (TPSA) is 43.4 Å². The molecular weight excluding hydrogens is 108 g/mol. The Balaban J connectivity index is 3.48. The Morgan fingerprint density at radius 2 is 2.25 bits per heavy atom. The van der Waals surface area contributed by atoms with E-state index < -0.39 is 5.97 Å². The minimum absolute atomic E-state index is 0.0995. The van der Waals surface area contributed by atoms with Gasteiger partial charge in [0.2, 0.25) is 0 Å². The predicted molar refractivity (Wildman–Crippen MR) is 27.0 cm³/mol. The van der Waals surface area contributed by atoms with Crippen molar-refractivity contribution in [2.75, 3.05) is 0 Å². The number of hydrogen-bond acceptors (Lipinski definition) is 3. The third-order valence-corrected chi connectivity index (χ3v) is 0.467. The molecule has 3 heteroatoms. The van der Waals surface area contributed by atoms with Crippen LogP contribution in [0.4, 0.5) is 0 Å². The van der Waals surface area contributed by atoms with Crippen molar-refractivity contribution >= 4 is 12.4 Å². The van der Waals surface area contributed by atoms with E-state index in [2.05, 4.69) is 4.74 Å². The van der Waals surface area contributed by atoms with E-state index in [1.807, 2.05) is 0 Å². The van der Waals surface area contributed by atoms with E-state index >= 15 is 0 Å². The second-order valence-corrected chi connectivity index (χ2v) is 1.03. The molecule has 0 saturated carbocycles. The van der Waals surface area contributed by atoms with Crippen LogP contribution >= 0.6 is 0 Å². The summed E-state index contributed by atoms with van der Waals surface area (Å²) in [4.78, 5) is 19.5. The smallest absolute Gasteiger partial charge is 0.337 e. The third kappa shape index (κ3) is 3.08. The van der Waals surface area contributed by atoms with E-state index in [0.29, 0.717) is 0 Å². The molecule has 0 aliphatic heterocycles. The van der Waals surface area contributed by atoms with Crippen LogP contribution in [0.3, 0.4) is 0 Å². The largest absolute Gasteiger partial charge is 0.392 e. The second-order valence-electron chi connectivity index (χ2n) is 1.03. The first-order valence-electron chi connectivity index (χ1n) is 2.08. The third-order valence-electron chi connectivity index (χ3n) is 0.467. The van der Waals surface area contributed by atoms with Gasteiger partial charge in [0.05, 0.1) is 0 Å². The Hall–Kier alpha value is -1.12. The van der Waals surface area contributed by atoms with Gasteiger partial charge in [-0.25, -0.2) is 4.79 Å². The fourth-order valence-electron chi connectivity index (χ4n) is 0.223. The summed E-state index contributed by atoms with van der Waals surface area (Å²) in [6, 6.07) is 0. The number of hydrogen-bond donors (Lipinski definition) is 0. The molecule has 0 spiro atoms. The van der Waals surface area contributed by atoms with Crippen LogP contribution in [-0.4, -0.2) is 12.4 Å². The molecule has 0 aromatic heterocycles. The molecule has 8 heavy (non-hydrogen) atoms. The van der Waals surface area contributed by atoms with Crippen LogP contribution in [-0.2, 0) is 14.3 Å². The number of ether oxygens (including phenoxy) is 1. The van der Waals surface area contributed by atoms with Gasteiger partial charge in [-0.15, -0.1) is 0 Å². The molecule has 0 aliphatic carbocycles. The number of esters is 1. The lowest BCUT2D eigenvalue weighted by atomic mass is 10.5. The summed E-state index contributed by atoms with van der Waals surface area (Å²) in [6.45, 7) is 1.76. The van der Waals surface area contributed by atoms with E-state index in [1.54, 1.807) is 6.92 Å². The van der Waals surface area contributed by atoms with Gasteiger partial charge < -0.3 is 4.74 Å². The standard InChI is InChI=1S/C5H6O3/c1-2-3-5(7)8-4-6/h2-4H,1H3/b3-2+. The Labute approximate surface area is 46.9 Å². The molecule has 0 aromatic carbocycles. The van der Waals surface area contributed by atoms with Gasteiger partial charge in [0.25, 0.3) is 0 Å². The molecule has 44 valence electrons. The number of carbonyl (C=O) groups excluding carboxylic acids is 2. The van der Waals surface area contributed by atoms with E-state index in [0.717, 1.165) is 6.08 Å². The quantitative estimate of drug-likeness (QED) is 0.224. The van der Waals surface area contributed by atoms with Gasteiger partial charge >= 0.3 is 12.4 Å². The van der Waals surface area contributed by atoms with Crippen LogP contribution < -0.4 is 0 Å². The zero-order valence-corrected chi connectivity index (χ0v) is 4.46. The van der Waals surface area contributed by atoms with Gasteiger partial charge in [-0.3, -0.25) is 4.79 Å². The molecule has 0 amide bonds. The van der Waals surface area contributed by atoms with Crippen molar-refractivity contribution in [3.63, 3.8) is 0 Å². The first kappa shape index (κ1) is 6.88. The SMILES string of the molecule is C/C=C/C(=O)OC=O. The molecule has 0 N–H and O–H groups in total. The summed E-state index contributed by atoms with van der Waals surface area (Å²) >= 11 is 0. The van der Waals surface area contributed by atoms with Crippen LogP contribution in [0.2, 0.25) is 0 Å². The van der Waals surface area contributed by atoms with Crippen molar-refractivity contribution in [1.29, 1.82) is 0 Å². The zero-order valence-electron chi connectivity index (χ0n) is 4.46. The first-order chi connectivity index (χ1) is 3.81. The van der Waals surface area contributed by atoms with Crippen molar-refractivity contribution in [2.24, 2.45) is 0 Å². The van der Waals surface area contributed by atoms with Gasteiger partial charge in [-0.2, -0.15) is 0 Å². The molecule has 0 rings (SSSR count). The van der Waals surface area contributed by atoms with Crippen molar-refractivity contribution < 1.29 is 14.3 Å². The van der Waals surface area contributed by atoms with Crippen LogP contribution in [0.1, 0.15) is 6.92 Å². The molecule has 0 radical (unpaired) electrons. The molecular formula is C5H6O3. The van der Waals surface area contributed by atoms with E-state index in [1.165, 1.54) is 6.08 Å². The number of carbonyl (C=O) groups is 2. The van der Waals surface area contributed by atoms with E-state index in [4.69, 9.17) is 0 Å². The lowest BCUT2D eigenvalue weighted by molar-refractivity contribution is -0.147. The summed E-state index contributed by atoms with van der Waals surface area (Å²) in [6.07, 6.45) is 2.65. The second kappa shape index (κ2) is 4.05. The Morgan fingerprint density at radius 3 is 2.62 bits per heavy atom. The minimum atomic E-state index is -0.637. The van der Waals surface area contributed by atoms with Gasteiger partial charge in [-0.1, -0.05) is 6.08 Å². The fraction of sp³-hybridized carbons (Fsp3) is 0.200. The van der Waals surface area contributed by atoms with Crippen LogP contribution in [0.5, 0.6) is 0 Å². The molecule has 0 atom stereocenters. The Bertz CT molecular complexity index is 115. The molecule has 0 fully saturated rings. The van der Waals surface area contributed by atoms with Crippen LogP contribution in [0.25, 0.3) is 0 Å². The van der Waals surface area contributed by atoms with E-state index in [-0.39, 0.29) is 6.47 Å². The maximum Gasteiger partial charge on any atom is 0.337 e. The predicted octanol–water partition coefficient (Wildman–Crippen LogP) is 0.262. The highest BCUT2D eigenvalue weighted by Gasteiger charge is 1.89. The zero-order chi connectivity index (χ0) is 6.41. The van der Waals surface area contributed by atoms with Crippen molar-refractivity contribution in [1.82, 2.24) is 0 Å². The van der Waals surface area contributed by atoms with Gasteiger partial charge in [0.1, 0.15) is 0 Å². The number of allylic oxidation sites excluding steroid dienone is 1. The summed E-state index contributed by atoms with van der Waals surface area (Å²) in [5.41, 5.74) is 0. The summed E-state index contributed by atoms with van der Waals surface area (Å²) in [7, 11) is 0. The Morgan fingerprint density at radius 1 is 1.62 bits per heavy atom. The van der Waals surface area contributed by atoms with Gasteiger partial charge in [0, 0.05) is 6.08 Å². The average molecular weight is 114 g/mol. The van der Waals surface area contributed by atoms with Crippen molar-refractivity contribution in [3.05, 3.63) is 12.2 Å². The first-order valence-corrected chi connectivity index (χ1v) is 2.08. The maximum absolute atomic E-state index is 10.1. The highest BCUT2D eigenvalue weighted by Crippen LogP contribution is 1.74. The molecule has 0 saturated heterocycles. The molecule has 0 aromatic rings. The summed E-state index contributed by atoms with van der Waals surface area (Å²) in [5.74, 6) is -0.637. The minimum Gasteiger partial charge on any atom is -0.392 e. The average Bonchev–Trinajstić information content (AvgIpc) is 1.68. The molecule has 0 heterocycles. The van der Waals surface area contributed by atoms with Crippen molar-refractivity contribution in [2.45, 2.75) is 6.92 Å². The van der Waals surface area contributed by atoms with Gasteiger partial charge in [0.15, 0.2) is 0 Å². The lowest BCUT2D eigenvalue weighted by Gasteiger charge is -1.82. The normalized spacial score (nSPS) is 9.12. The van der Waals surface area contributed by atoms with E-state index in [9.17, 15) is 9.59 Å². The van der Waals surface area contributed by atoms with Crippen molar-refractivity contribution in [3.8, 4) is 0 Å². The van der Waals surface area contributed by atoms with Crippen LogP contribution in [0.15, 0.2) is 12.2 Å². The maximum atomic E-state index is 10.1.